The van der Waals surface area contributed by atoms with E-state index in [9.17, 15) is 0 Å². The van der Waals surface area contributed by atoms with E-state index in [1.54, 1.807) is 7.11 Å². The molecule has 9 heavy (non-hydrogen) atoms. The topological polar surface area (TPSA) is 9.23 Å². The van der Waals surface area contributed by atoms with Crippen LogP contribution in [0.15, 0.2) is 12.2 Å². The average Bonchev–Trinajstić information content (AvgIpc) is 1.89. The molecule has 52 valence electrons. The quantitative estimate of drug-likeness (QED) is 0.489. The first-order valence-electron chi connectivity index (χ1n) is 3.55. The van der Waals surface area contributed by atoms with Crippen molar-refractivity contribution in [3.63, 3.8) is 0 Å². The van der Waals surface area contributed by atoms with Gasteiger partial charge in [-0.25, -0.2) is 0 Å². The lowest BCUT2D eigenvalue weighted by atomic mass is 9.93. The Morgan fingerprint density at radius 2 is 2.33 bits per heavy atom. The van der Waals surface area contributed by atoms with E-state index in [0.29, 0.717) is 6.10 Å². The summed E-state index contributed by atoms with van der Waals surface area (Å²) in [5, 5.41) is 0. The molecule has 0 aromatic heterocycles. The van der Waals surface area contributed by atoms with Gasteiger partial charge in [0.25, 0.3) is 0 Å². The van der Waals surface area contributed by atoms with E-state index in [2.05, 4.69) is 6.58 Å². The zero-order valence-electron chi connectivity index (χ0n) is 6.02. The van der Waals surface area contributed by atoms with Gasteiger partial charge in [-0.05, 0) is 24.8 Å². The summed E-state index contributed by atoms with van der Waals surface area (Å²) in [6.45, 7) is 3.94. The molecule has 1 nitrogen and oxygen atoms in total. The van der Waals surface area contributed by atoms with E-state index >= 15 is 0 Å². The van der Waals surface area contributed by atoms with E-state index in [-0.39, 0.29) is 0 Å². The minimum atomic E-state index is 0.360. The van der Waals surface area contributed by atoms with Gasteiger partial charge in [-0.1, -0.05) is 13.0 Å². The van der Waals surface area contributed by atoms with Crippen LogP contribution in [0.1, 0.15) is 25.7 Å². The zero-order valence-corrected chi connectivity index (χ0v) is 6.02. The van der Waals surface area contributed by atoms with Crippen LogP contribution >= 0.6 is 0 Å². The van der Waals surface area contributed by atoms with Crippen LogP contribution in [0.2, 0.25) is 0 Å². The molecule has 0 N–H and O–H groups in total. The Bertz CT molecular complexity index is 107. The summed E-state index contributed by atoms with van der Waals surface area (Å²) in [6, 6.07) is 0. The zero-order chi connectivity index (χ0) is 6.69. The molecular formula is C8H14O. The molecule has 0 unspecified atom stereocenters. The summed E-state index contributed by atoms with van der Waals surface area (Å²) in [4.78, 5) is 0. The highest BCUT2D eigenvalue weighted by Crippen LogP contribution is 2.23. The van der Waals surface area contributed by atoms with E-state index in [0.717, 1.165) is 0 Å². The Morgan fingerprint density at radius 1 is 1.56 bits per heavy atom. The molecule has 1 aliphatic carbocycles. The van der Waals surface area contributed by atoms with Gasteiger partial charge in [-0.2, -0.15) is 0 Å². The van der Waals surface area contributed by atoms with Gasteiger partial charge in [0.05, 0.1) is 6.10 Å². The Labute approximate surface area is 56.7 Å². The molecule has 1 heteroatoms. The van der Waals surface area contributed by atoms with Crippen molar-refractivity contribution in [1.82, 2.24) is 0 Å². The van der Waals surface area contributed by atoms with Crippen molar-refractivity contribution in [2.75, 3.05) is 7.11 Å². The molecule has 0 radical (unpaired) electrons. The maximum Gasteiger partial charge on any atom is 0.0778 e. The first kappa shape index (κ1) is 6.81. The van der Waals surface area contributed by atoms with E-state index in [1.165, 1.54) is 31.3 Å². The number of hydrogen-bond donors (Lipinski definition) is 0. The second kappa shape index (κ2) is 3.02. The molecule has 0 aromatic rings. The summed E-state index contributed by atoms with van der Waals surface area (Å²) < 4.78 is 5.20. The summed E-state index contributed by atoms with van der Waals surface area (Å²) in [7, 11) is 1.77. The van der Waals surface area contributed by atoms with Crippen molar-refractivity contribution in [1.29, 1.82) is 0 Å². The lowest BCUT2D eigenvalue weighted by Crippen LogP contribution is -2.16. The lowest BCUT2D eigenvalue weighted by Gasteiger charge is -2.22. The van der Waals surface area contributed by atoms with Crippen LogP contribution in [0.4, 0.5) is 0 Å². The SMILES string of the molecule is C=C1CCCC[C@@H]1OC. The summed E-state index contributed by atoms with van der Waals surface area (Å²) in [5.41, 5.74) is 1.28. The molecule has 0 heterocycles. The average molecular weight is 126 g/mol. The molecule has 1 atom stereocenters. The van der Waals surface area contributed by atoms with Gasteiger partial charge in [-0.3, -0.25) is 0 Å². The molecule has 0 spiro atoms. The fourth-order valence-electron chi connectivity index (χ4n) is 1.33. The molecule has 1 fully saturated rings. The molecule has 0 saturated heterocycles. The molecule has 1 saturated carbocycles. The molecular weight excluding hydrogens is 112 g/mol. The predicted octanol–water partition coefficient (Wildman–Crippen LogP) is 2.13. The molecule has 0 amide bonds. The smallest absolute Gasteiger partial charge is 0.0778 e. The fraction of sp³-hybridized carbons (Fsp3) is 0.750. The Hall–Kier alpha value is -0.300. The van der Waals surface area contributed by atoms with Crippen LogP contribution < -0.4 is 0 Å². The summed E-state index contributed by atoms with van der Waals surface area (Å²) >= 11 is 0. The maximum atomic E-state index is 5.20. The molecule has 1 rings (SSSR count). The van der Waals surface area contributed by atoms with Crippen molar-refractivity contribution in [3.05, 3.63) is 12.2 Å². The fourth-order valence-corrected chi connectivity index (χ4v) is 1.33. The van der Waals surface area contributed by atoms with Crippen molar-refractivity contribution < 1.29 is 4.74 Å². The minimum absolute atomic E-state index is 0.360. The molecule has 0 aromatic carbocycles. The summed E-state index contributed by atoms with van der Waals surface area (Å²) in [6.07, 6.45) is 5.31. The number of ether oxygens (including phenoxy) is 1. The van der Waals surface area contributed by atoms with Gasteiger partial charge in [0, 0.05) is 7.11 Å². The lowest BCUT2D eigenvalue weighted by molar-refractivity contribution is 0.110. The highest BCUT2D eigenvalue weighted by atomic mass is 16.5. The van der Waals surface area contributed by atoms with E-state index < -0.39 is 0 Å². The van der Waals surface area contributed by atoms with Gasteiger partial charge >= 0.3 is 0 Å². The monoisotopic (exact) mass is 126 g/mol. The van der Waals surface area contributed by atoms with Crippen LogP contribution in [0.5, 0.6) is 0 Å². The van der Waals surface area contributed by atoms with Crippen LogP contribution in [-0.4, -0.2) is 13.2 Å². The second-order valence-corrected chi connectivity index (χ2v) is 2.63. The standard InChI is InChI=1S/C8H14O/c1-7-5-3-4-6-8(7)9-2/h8H,1,3-6H2,2H3/t8-/m0/s1. The highest BCUT2D eigenvalue weighted by molar-refractivity contribution is 5.04. The van der Waals surface area contributed by atoms with Gasteiger partial charge in [0.2, 0.25) is 0 Å². The van der Waals surface area contributed by atoms with Crippen LogP contribution in [0.25, 0.3) is 0 Å². The van der Waals surface area contributed by atoms with Gasteiger partial charge < -0.3 is 4.74 Å². The van der Waals surface area contributed by atoms with Gasteiger partial charge in [0.15, 0.2) is 0 Å². The highest BCUT2D eigenvalue weighted by Gasteiger charge is 2.15. The summed E-state index contributed by atoms with van der Waals surface area (Å²) in [5.74, 6) is 0. The van der Waals surface area contributed by atoms with E-state index in [4.69, 9.17) is 4.74 Å². The third kappa shape index (κ3) is 1.55. The second-order valence-electron chi connectivity index (χ2n) is 2.63. The molecule has 1 aliphatic rings. The van der Waals surface area contributed by atoms with Crippen molar-refractivity contribution in [2.24, 2.45) is 0 Å². The minimum Gasteiger partial charge on any atom is -0.377 e. The Balaban J connectivity index is 2.39. The Morgan fingerprint density at radius 3 is 2.78 bits per heavy atom. The van der Waals surface area contributed by atoms with Gasteiger partial charge in [0.1, 0.15) is 0 Å². The first-order chi connectivity index (χ1) is 4.34. The molecule has 0 bridgehead atoms. The third-order valence-electron chi connectivity index (χ3n) is 1.95. The number of hydrogen-bond acceptors (Lipinski definition) is 1. The van der Waals surface area contributed by atoms with Crippen molar-refractivity contribution in [2.45, 2.75) is 31.8 Å². The number of methoxy groups -OCH3 is 1. The van der Waals surface area contributed by atoms with Gasteiger partial charge in [-0.15, -0.1) is 0 Å². The molecule has 0 aliphatic heterocycles. The van der Waals surface area contributed by atoms with Crippen molar-refractivity contribution in [3.8, 4) is 0 Å². The van der Waals surface area contributed by atoms with Crippen LogP contribution in [-0.2, 0) is 4.74 Å². The van der Waals surface area contributed by atoms with Crippen LogP contribution in [0, 0.1) is 0 Å². The van der Waals surface area contributed by atoms with E-state index in [1.807, 2.05) is 0 Å². The Kier molecular flexibility index (Phi) is 2.29. The van der Waals surface area contributed by atoms with Crippen molar-refractivity contribution >= 4 is 0 Å². The first-order valence-corrected chi connectivity index (χ1v) is 3.55. The van der Waals surface area contributed by atoms with Crippen LogP contribution in [0.3, 0.4) is 0 Å². The third-order valence-corrected chi connectivity index (χ3v) is 1.95. The maximum absolute atomic E-state index is 5.20. The normalized spacial score (nSPS) is 28.6. The number of rotatable bonds is 1. The predicted molar refractivity (Wildman–Crippen MR) is 38.4 cm³/mol. The largest absolute Gasteiger partial charge is 0.377 e.